The van der Waals surface area contributed by atoms with Crippen molar-refractivity contribution < 1.29 is 9.18 Å². The summed E-state index contributed by atoms with van der Waals surface area (Å²) in [5.41, 5.74) is 1.71. The van der Waals surface area contributed by atoms with E-state index in [0.717, 1.165) is 11.3 Å². The number of anilines is 1. The van der Waals surface area contributed by atoms with Gasteiger partial charge in [-0.3, -0.25) is 4.90 Å². The molecule has 136 valence electrons. The smallest absolute Gasteiger partial charge is 0.314 e. The average Bonchev–Trinajstić information content (AvgIpc) is 2.91. The van der Waals surface area contributed by atoms with Crippen LogP contribution in [0, 0.1) is 5.82 Å². The Morgan fingerprint density at radius 1 is 1.15 bits per heavy atom. The van der Waals surface area contributed by atoms with Crippen LogP contribution in [0.3, 0.4) is 0 Å². The maximum absolute atomic E-state index is 13.1. The second-order valence-electron chi connectivity index (χ2n) is 5.98. The van der Waals surface area contributed by atoms with Crippen LogP contribution in [0.15, 0.2) is 48.5 Å². The summed E-state index contributed by atoms with van der Waals surface area (Å²) in [6.07, 6.45) is -0.472. The van der Waals surface area contributed by atoms with Crippen molar-refractivity contribution in [1.82, 2.24) is 15.2 Å². The fourth-order valence-corrected chi connectivity index (χ4v) is 3.18. The number of hydrazine groups is 1. The van der Waals surface area contributed by atoms with Gasteiger partial charge >= 0.3 is 6.03 Å². The number of carbonyl (C=O) groups is 1. The van der Waals surface area contributed by atoms with E-state index in [9.17, 15) is 9.18 Å². The molecule has 1 aliphatic rings. The third-order valence-electron chi connectivity index (χ3n) is 4.31. The predicted molar refractivity (Wildman–Crippen MR) is 104 cm³/mol. The minimum atomic E-state index is -0.472. The molecule has 2 aromatic carbocycles. The lowest BCUT2D eigenvalue weighted by Crippen LogP contribution is -2.52. The van der Waals surface area contributed by atoms with Crippen LogP contribution >= 0.6 is 23.8 Å². The van der Waals surface area contributed by atoms with Crippen LogP contribution in [0.4, 0.5) is 14.9 Å². The van der Waals surface area contributed by atoms with Gasteiger partial charge in [0.25, 0.3) is 0 Å². The zero-order valence-electron chi connectivity index (χ0n) is 14.3. The molecule has 1 fully saturated rings. The highest BCUT2D eigenvalue weighted by atomic mass is 35.5. The molecular weight excluding hydrogens is 375 g/mol. The second-order valence-corrected chi connectivity index (χ2v) is 6.83. The highest BCUT2D eigenvalue weighted by molar-refractivity contribution is 7.80. The minimum absolute atomic E-state index is 0.255. The van der Waals surface area contributed by atoms with Crippen LogP contribution in [0.1, 0.15) is 5.56 Å². The van der Waals surface area contributed by atoms with Crippen LogP contribution < -0.4 is 10.3 Å². The summed E-state index contributed by atoms with van der Waals surface area (Å²) in [7, 11) is 3.64. The molecule has 0 aliphatic carbocycles. The molecular formula is C18H18ClFN4OS. The summed E-state index contributed by atoms with van der Waals surface area (Å²) < 4.78 is 13.1. The number of urea groups is 1. The first-order valence-corrected chi connectivity index (χ1v) is 8.74. The van der Waals surface area contributed by atoms with E-state index in [1.54, 1.807) is 29.3 Å². The first-order valence-electron chi connectivity index (χ1n) is 7.95. The number of carbonyl (C=O) groups excluding carboxylic acids is 1. The average molecular weight is 393 g/mol. The largest absolute Gasteiger partial charge is 0.324 e. The van der Waals surface area contributed by atoms with E-state index in [-0.39, 0.29) is 11.8 Å². The van der Waals surface area contributed by atoms with E-state index >= 15 is 0 Å². The fourth-order valence-electron chi connectivity index (χ4n) is 2.69. The number of nitrogens with one attached hydrogen (secondary N) is 1. The summed E-state index contributed by atoms with van der Waals surface area (Å²) in [6.45, 7) is 0.367. The second kappa shape index (κ2) is 7.57. The van der Waals surface area contributed by atoms with Gasteiger partial charge in [-0.15, -0.1) is 0 Å². The van der Waals surface area contributed by atoms with E-state index in [1.807, 2.05) is 31.2 Å². The van der Waals surface area contributed by atoms with Gasteiger partial charge in [0.05, 0.1) is 12.2 Å². The molecule has 8 heteroatoms. The van der Waals surface area contributed by atoms with Gasteiger partial charge in [-0.25, -0.2) is 9.18 Å². The van der Waals surface area contributed by atoms with Crippen LogP contribution in [0.2, 0.25) is 5.02 Å². The molecule has 1 saturated heterocycles. The lowest BCUT2D eigenvalue weighted by Gasteiger charge is -2.34. The van der Waals surface area contributed by atoms with Crippen molar-refractivity contribution in [2.75, 3.05) is 19.1 Å². The highest BCUT2D eigenvalue weighted by Gasteiger charge is 2.38. The Bertz CT molecular complexity index is 815. The van der Waals surface area contributed by atoms with Gasteiger partial charge in [-0.05, 0) is 42.0 Å². The number of rotatable bonds is 5. The number of benzene rings is 2. The molecule has 26 heavy (non-hydrogen) atoms. The Morgan fingerprint density at radius 2 is 1.77 bits per heavy atom. The molecule has 0 aromatic heterocycles. The van der Waals surface area contributed by atoms with Gasteiger partial charge in [0.15, 0.2) is 6.17 Å². The molecule has 0 saturated carbocycles. The van der Waals surface area contributed by atoms with E-state index in [4.69, 9.17) is 23.8 Å². The summed E-state index contributed by atoms with van der Waals surface area (Å²) in [4.78, 5) is 14.4. The molecule has 1 aliphatic heterocycles. The number of thiocarbonyl (C=S) groups is 1. The molecule has 5 nitrogen and oxygen atoms in total. The Labute approximate surface area is 161 Å². The molecule has 2 amide bonds. The lowest BCUT2D eigenvalue weighted by molar-refractivity contribution is 0.218. The first-order chi connectivity index (χ1) is 12.4. The van der Waals surface area contributed by atoms with Crippen molar-refractivity contribution >= 4 is 40.5 Å². The Morgan fingerprint density at radius 3 is 2.38 bits per heavy atom. The van der Waals surface area contributed by atoms with Crippen molar-refractivity contribution in [3.63, 3.8) is 0 Å². The highest BCUT2D eigenvalue weighted by Crippen LogP contribution is 2.21. The first kappa shape index (κ1) is 18.6. The fraction of sp³-hybridized carbons (Fsp3) is 0.222. The number of nitrogens with zero attached hydrogens (tertiary/aromatic N) is 3. The van der Waals surface area contributed by atoms with E-state index in [1.165, 1.54) is 17.0 Å². The van der Waals surface area contributed by atoms with Gasteiger partial charge in [-0.1, -0.05) is 36.0 Å². The molecule has 3 rings (SSSR count). The quantitative estimate of drug-likeness (QED) is 0.623. The van der Waals surface area contributed by atoms with Gasteiger partial charge < -0.3 is 10.3 Å². The zero-order valence-corrected chi connectivity index (χ0v) is 15.9. The Balaban J connectivity index is 1.72. The topological polar surface area (TPSA) is 38.8 Å². The lowest BCUT2D eigenvalue weighted by atomic mass is 10.2. The molecule has 0 bridgehead atoms. The van der Waals surface area contributed by atoms with Gasteiger partial charge in [0.1, 0.15) is 10.8 Å². The Hall–Kier alpha value is -2.22. The van der Waals surface area contributed by atoms with Crippen molar-refractivity contribution in [2.24, 2.45) is 0 Å². The maximum atomic E-state index is 13.1. The van der Waals surface area contributed by atoms with Gasteiger partial charge in [-0.2, -0.15) is 5.01 Å². The predicted octanol–water partition coefficient (Wildman–Crippen LogP) is 3.64. The van der Waals surface area contributed by atoms with Crippen molar-refractivity contribution in [1.29, 1.82) is 0 Å². The third kappa shape index (κ3) is 3.80. The summed E-state index contributed by atoms with van der Waals surface area (Å²) in [6, 6.07) is 13.1. The molecule has 0 spiro atoms. The zero-order chi connectivity index (χ0) is 18.8. The third-order valence-corrected chi connectivity index (χ3v) is 5.00. The molecule has 1 N–H and O–H groups in total. The van der Waals surface area contributed by atoms with Crippen molar-refractivity contribution in [2.45, 2.75) is 12.7 Å². The number of likely N-dealkylation sites (N-methyl/N-ethyl adjacent to an activating group) is 1. The van der Waals surface area contributed by atoms with Crippen molar-refractivity contribution in [3.05, 3.63) is 64.9 Å². The van der Waals surface area contributed by atoms with Crippen molar-refractivity contribution in [3.8, 4) is 0 Å². The molecule has 2 aromatic rings. The van der Waals surface area contributed by atoms with E-state index in [2.05, 4.69) is 5.32 Å². The minimum Gasteiger partial charge on any atom is -0.314 e. The van der Waals surface area contributed by atoms with Gasteiger partial charge in [0.2, 0.25) is 0 Å². The number of amides is 2. The summed E-state index contributed by atoms with van der Waals surface area (Å²) in [5.74, 6) is -0.302. The van der Waals surface area contributed by atoms with E-state index < -0.39 is 6.17 Å². The molecule has 1 heterocycles. The molecule has 0 radical (unpaired) electrons. The SMILES string of the molecule is CN(c1ccc(F)cc1)N(C)C1NC(=O)N(Cc2ccc(Cl)cc2)C1=S. The van der Waals surface area contributed by atoms with Gasteiger partial charge in [0, 0.05) is 19.1 Å². The molecule has 1 unspecified atom stereocenters. The monoisotopic (exact) mass is 392 g/mol. The van der Waals surface area contributed by atoms with Crippen LogP contribution in [-0.4, -0.2) is 41.2 Å². The Kier molecular flexibility index (Phi) is 5.41. The van der Waals surface area contributed by atoms with E-state index in [0.29, 0.717) is 16.6 Å². The number of halogens is 2. The molecule has 1 atom stereocenters. The summed E-state index contributed by atoms with van der Waals surface area (Å²) in [5, 5.41) is 7.13. The number of hydrogen-bond acceptors (Lipinski definition) is 4. The maximum Gasteiger partial charge on any atom is 0.324 e. The summed E-state index contributed by atoms with van der Waals surface area (Å²) >= 11 is 11.4. The number of hydrogen-bond donors (Lipinski definition) is 1. The van der Waals surface area contributed by atoms with Crippen LogP contribution in [-0.2, 0) is 6.54 Å². The standard InChI is InChI=1S/C18H18ClFN4OS/c1-22(15-9-7-14(20)8-10-15)23(2)16-17(26)24(18(25)21-16)11-12-3-5-13(19)6-4-12/h3-10,16H,11H2,1-2H3,(H,21,25). The van der Waals surface area contributed by atoms with Crippen LogP contribution in [0.5, 0.6) is 0 Å². The van der Waals surface area contributed by atoms with Crippen LogP contribution in [0.25, 0.3) is 0 Å². The normalized spacial score (nSPS) is 17.0.